The summed E-state index contributed by atoms with van der Waals surface area (Å²) in [6.45, 7) is 8.63. The molecule has 23 heavy (non-hydrogen) atoms. The number of hydrogen-bond acceptors (Lipinski definition) is 1. The summed E-state index contributed by atoms with van der Waals surface area (Å²) in [6, 6.07) is 15.4. The van der Waals surface area contributed by atoms with Crippen LogP contribution in [0.5, 0.6) is 0 Å². The molecule has 0 spiro atoms. The minimum Gasteiger partial charge on any atom is -0.161 e. The van der Waals surface area contributed by atoms with E-state index < -0.39 is 0 Å². The van der Waals surface area contributed by atoms with Crippen molar-refractivity contribution in [3.63, 3.8) is 0 Å². The van der Waals surface area contributed by atoms with Crippen molar-refractivity contribution in [1.29, 1.82) is 0 Å². The molecule has 0 saturated carbocycles. The lowest BCUT2D eigenvalue weighted by molar-refractivity contribution is 0.499. The van der Waals surface area contributed by atoms with Crippen molar-refractivity contribution in [1.82, 2.24) is 0 Å². The molecule has 0 aliphatic heterocycles. The molecule has 2 rings (SSSR count). The van der Waals surface area contributed by atoms with Crippen LogP contribution in [0.2, 0.25) is 0 Å². The Bertz CT molecular complexity index is 527. The molecule has 0 N–H and O–H groups in total. The van der Waals surface area contributed by atoms with E-state index in [-0.39, 0.29) is 0 Å². The SMILES string of the molecule is CC.CCCCC(CC)CSCCc1cccc2ccccc12. The Balaban J connectivity index is 0.00000127. The van der Waals surface area contributed by atoms with Crippen molar-refractivity contribution in [3.8, 4) is 0 Å². The molecule has 0 saturated heterocycles. The zero-order valence-electron chi connectivity index (χ0n) is 15.5. The van der Waals surface area contributed by atoms with Crippen molar-refractivity contribution < 1.29 is 0 Å². The van der Waals surface area contributed by atoms with Gasteiger partial charge in [-0.05, 0) is 46.6 Å². The number of benzene rings is 2. The first kappa shape index (κ1) is 20.1. The Morgan fingerprint density at radius 3 is 2.43 bits per heavy atom. The van der Waals surface area contributed by atoms with Crippen LogP contribution in [-0.4, -0.2) is 11.5 Å². The quantitative estimate of drug-likeness (QED) is 0.433. The van der Waals surface area contributed by atoms with Crippen molar-refractivity contribution >= 4 is 22.5 Å². The molecule has 0 aliphatic carbocycles. The van der Waals surface area contributed by atoms with Crippen LogP contribution in [-0.2, 0) is 6.42 Å². The fourth-order valence-electron chi connectivity index (χ4n) is 2.84. The topological polar surface area (TPSA) is 0 Å². The van der Waals surface area contributed by atoms with Crippen LogP contribution in [0.4, 0.5) is 0 Å². The number of rotatable bonds is 9. The van der Waals surface area contributed by atoms with Crippen molar-refractivity contribution in [3.05, 3.63) is 48.0 Å². The maximum atomic E-state index is 2.34. The van der Waals surface area contributed by atoms with E-state index in [1.807, 2.05) is 13.8 Å². The molecule has 1 atom stereocenters. The fourth-order valence-corrected chi connectivity index (χ4v) is 4.11. The number of aryl methyl sites for hydroxylation is 1. The Morgan fingerprint density at radius 2 is 1.70 bits per heavy atom. The zero-order valence-corrected chi connectivity index (χ0v) is 16.3. The highest BCUT2D eigenvalue weighted by atomic mass is 32.2. The van der Waals surface area contributed by atoms with Crippen LogP contribution in [0.15, 0.2) is 42.5 Å². The molecule has 2 aromatic rings. The highest BCUT2D eigenvalue weighted by Gasteiger charge is 2.06. The summed E-state index contributed by atoms with van der Waals surface area (Å²) < 4.78 is 0. The van der Waals surface area contributed by atoms with Gasteiger partial charge in [0.2, 0.25) is 0 Å². The molecular formula is C22H34S. The van der Waals surface area contributed by atoms with Gasteiger partial charge in [0.15, 0.2) is 0 Å². The maximum absolute atomic E-state index is 2.34. The van der Waals surface area contributed by atoms with Gasteiger partial charge in [0, 0.05) is 0 Å². The lowest BCUT2D eigenvalue weighted by Gasteiger charge is -2.14. The molecule has 0 heterocycles. The second kappa shape index (κ2) is 12.5. The Hall–Kier alpha value is -0.950. The van der Waals surface area contributed by atoms with E-state index in [4.69, 9.17) is 0 Å². The highest BCUT2D eigenvalue weighted by molar-refractivity contribution is 7.99. The number of fused-ring (bicyclic) bond motifs is 1. The maximum Gasteiger partial charge on any atom is -0.00267 e. The number of unbranched alkanes of at least 4 members (excludes halogenated alkanes) is 1. The average molecular weight is 331 g/mol. The molecule has 0 fully saturated rings. The molecule has 0 nitrogen and oxygen atoms in total. The van der Waals surface area contributed by atoms with Gasteiger partial charge in [0.1, 0.15) is 0 Å². The normalized spacial score (nSPS) is 11.8. The largest absolute Gasteiger partial charge is 0.161 e. The van der Waals surface area contributed by atoms with E-state index in [1.165, 1.54) is 59.9 Å². The van der Waals surface area contributed by atoms with Gasteiger partial charge in [-0.25, -0.2) is 0 Å². The first-order chi connectivity index (χ1) is 11.3. The fraction of sp³-hybridized carbons (Fsp3) is 0.545. The van der Waals surface area contributed by atoms with Crippen LogP contribution < -0.4 is 0 Å². The number of thioether (sulfide) groups is 1. The lowest BCUT2D eigenvalue weighted by atomic mass is 10.0. The summed E-state index contributed by atoms with van der Waals surface area (Å²) >= 11 is 2.14. The second-order valence-corrected chi connectivity index (χ2v) is 7.03. The first-order valence-corrected chi connectivity index (χ1v) is 10.5. The van der Waals surface area contributed by atoms with E-state index in [0.29, 0.717) is 0 Å². The average Bonchev–Trinajstić information content (AvgIpc) is 2.63. The molecule has 0 bridgehead atoms. The van der Waals surface area contributed by atoms with Crippen LogP contribution in [0, 0.1) is 5.92 Å². The van der Waals surface area contributed by atoms with Crippen LogP contribution in [0.25, 0.3) is 10.8 Å². The lowest BCUT2D eigenvalue weighted by Crippen LogP contribution is -2.03. The Labute approximate surface area is 148 Å². The van der Waals surface area contributed by atoms with Gasteiger partial charge in [-0.3, -0.25) is 0 Å². The zero-order chi connectivity index (χ0) is 16.9. The molecule has 1 unspecified atom stereocenters. The summed E-state index contributed by atoms with van der Waals surface area (Å²) in [7, 11) is 0. The summed E-state index contributed by atoms with van der Waals surface area (Å²) in [6.07, 6.45) is 6.66. The monoisotopic (exact) mass is 330 g/mol. The number of hydrogen-bond donors (Lipinski definition) is 0. The molecule has 128 valence electrons. The van der Waals surface area contributed by atoms with E-state index in [0.717, 1.165) is 5.92 Å². The van der Waals surface area contributed by atoms with Crippen molar-refractivity contribution in [2.75, 3.05) is 11.5 Å². The van der Waals surface area contributed by atoms with E-state index in [9.17, 15) is 0 Å². The van der Waals surface area contributed by atoms with Gasteiger partial charge >= 0.3 is 0 Å². The predicted molar refractivity (Wildman–Crippen MR) is 110 cm³/mol. The molecule has 0 radical (unpaired) electrons. The van der Waals surface area contributed by atoms with E-state index in [1.54, 1.807) is 0 Å². The predicted octanol–water partition coefficient (Wildman–Crippen LogP) is 7.36. The first-order valence-electron chi connectivity index (χ1n) is 9.39. The van der Waals surface area contributed by atoms with Gasteiger partial charge in [-0.2, -0.15) is 11.8 Å². The van der Waals surface area contributed by atoms with Gasteiger partial charge in [-0.15, -0.1) is 0 Å². The van der Waals surface area contributed by atoms with E-state index >= 15 is 0 Å². The summed E-state index contributed by atoms with van der Waals surface area (Å²) in [5, 5.41) is 2.80. The minimum absolute atomic E-state index is 0.919. The second-order valence-electron chi connectivity index (χ2n) is 5.88. The molecule has 0 aromatic heterocycles. The standard InChI is InChI=1S/C20H28S.C2H6/c1-3-5-9-17(4-2)16-21-15-14-19-12-8-11-18-10-6-7-13-20(18)19;1-2/h6-8,10-13,17H,3-5,9,14-16H2,1-2H3;1-2H3. The minimum atomic E-state index is 0.919. The summed E-state index contributed by atoms with van der Waals surface area (Å²) in [4.78, 5) is 0. The summed E-state index contributed by atoms with van der Waals surface area (Å²) in [5.74, 6) is 3.50. The van der Waals surface area contributed by atoms with Crippen molar-refractivity contribution in [2.45, 2.75) is 59.8 Å². The van der Waals surface area contributed by atoms with Crippen LogP contribution in [0.3, 0.4) is 0 Å². The van der Waals surface area contributed by atoms with Gasteiger partial charge in [-0.1, -0.05) is 89.4 Å². The Morgan fingerprint density at radius 1 is 0.957 bits per heavy atom. The Kier molecular flexibility index (Phi) is 10.9. The van der Waals surface area contributed by atoms with Crippen LogP contribution >= 0.6 is 11.8 Å². The molecule has 2 aromatic carbocycles. The smallest absolute Gasteiger partial charge is 0.00267 e. The third kappa shape index (κ3) is 6.99. The highest BCUT2D eigenvalue weighted by Crippen LogP contribution is 2.22. The van der Waals surface area contributed by atoms with Gasteiger partial charge in [0.25, 0.3) is 0 Å². The van der Waals surface area contributed by atoms with Crippen molar-refractivity contribution in [2.24, 2.45) is 5.92 Å². The molecular weight excluding hydrogens is 296 g/mol. The molecule has 1 heteroatoms. The van der Waals surface area contributed by atoms with Gasteiger partial charge in [0.05, 0.1) is 0 Å². The van der Waals surface area contributed by atoms with Gasteiger partial charge < -0.3 is 0 Å². The molecule has 0 amide bonds. The third-order valence-corrected chi connectivity index (χ3v) is 5.49. The van der Waals surface area contributed by atoms with Crippen LogP contribution in [0.1, 0.15) is 58.9 Å². The summed E-state index contributed by atoms with van der Waals surface area (Å²) in [5.41, 5.74) is 1.50. The third-order valence-electron chi connectivity index (χ3n) is 4.29. The molecule has 0 aliphatic rings. The van der Waals surface area contributed by atoms with E-state index in [2.05, 4.69) is 68.1 Å².